The predicted octanol–water partition coefficient (Wildman–Crippen LogP) is 7.34. The summed E-state index contributed by atoms with van der Waals surface area (Å²) in [5, 5.41) is 0. The summed E-state index contributed by atoms with van der Waals surface area (Å²) in [6.07, 6.45) is 18.1. The molecule has 1 radical (unpaired) electrons. The Morgan fingerprint density at radius 2 is 1.09 bits per heavy atom. The van der Waals surface area contributed by atoms with Crippen LogP contribution in [-0.4, -0.2) is 6.61 Å². The first-order valence-electron chi connectivity index (χ1n) is 9.87. The van der Waals surface area contributed by atoms with Gasteiger partial charge in [-0.3, -0.25) is 0 Å². The van der Waals surface area contributed by atoms with Crippen LogP contribution in [0.15, 0.2) is 24.3 Å². The SMILES string of the molecule is [CH2]c1ccc(OCCCCCCCCCCCCCCC)cc1. The van der Waals surface area contributed by atoms with Gasteiger partial charge in [-0.15, -0.1) is 0 Å². The maximum Gasteiger partial charge on any atom is 0.119 e. The fraction of sp³-hybridized carbons (Fsp3) is 0.682. The topological polar surface area (TPSA) is 9.23 Å². The van der Waals surface area contributed by atoms with E-state index in [2.05, 4.69) is 13.8 Å². The van der Waals surface area contributed by atoms with Gasteiger partial charge in [0.15, 0.2) is 0 Å². The molecule has 0 aliphatic rings. The molecule has 1 aromatic rings. The molecule has 1 heteroatoms. The molecule has 0 saturated carbocycles. The summed E-state index contributed by atoms with van der Waals surface area (Å²) in [6.45, 7) is 7.01. The Morgan fingerprint density at radius 1 is 0.652 bits per heavy atom. The molecule has 0 heterocycles. The molecule has 0 amide bonds. The summed E-state index contributed by atoms with van der Waals surface area (Å²) in [4.78, 5) is 0. The van der Waals surface area contributed by atoms with Crippen LogP contribution in [0.25, 0.3) is 0 Å². The van der Waals surface area contributed by atoms with Crippen LogP contribution >= 0.6 is 0 Å². The van der Waals surface area contributed by atoms with Gasteiger partial charge in [0.05, 0.1) is 6.61 Å². The summed E-state index contributed by atoms with van der Waals surface area (Å²) in [5.41, 5.74) is 1.04. The van der Waals surface area contributed by atoms with Crippen molar-refractivity contribution in [2.24, 2.45) is 0 Å². The average molecular weight is 318 g/mol. The van der Waals surface area contributed by atoms with E-state index >= 15 is 0 Å². The van der Waals surface area contributed by atoms with Gasteiger partial charge >= 0.3 is 0 Å². The third kappa shape index (κ3) is 12.1. The summed E-state index contributed by atoms with van der Waals surface area (Å²) in [5.74, 6) is 0.969. The smallest absolute Gasteiger partial charge is 0.119 e. The largest absolute Gasteiger partial charge is 0.494 e. The minimum Gasteiger partial charge on any atom is -0.494 e. The summed E-state index contributed by atoms with van der Waals surface area (Å²) >= 11 is 0. The second-order valence-corrected chi connectivity index (χ2v) is 6.74. The van der Waals surface area contributed by atoms with Gasteiger partial charge < -0.3 is 4.74 Å². The minimum absolute atomic E-state index is 0.842. The van der Waals surface area contributed by atoms with Crippen molar-refractivity contribution < 1.29 is 4.74 Å². The lowest BCUT2D eigenvalue weighted by molar-refractivity contribution is 0.304. The van der Waals surface area contributed by atoms with Crippen molar-refractivity contribution in [3.63, 3.8) is 0 Å². The molecule has 1 aromatic carbocycles. The van der Waals surface area contributed by atoms with Crippen LogP contribution in [0.2, 0.25) is 0 Å². The van der Waals surface area contributed by atoms with Crippen LogP contribution in [0.3, 0.4) is 0 Å². The molecule has 1 nitrogen and oxygen atoms in total. The van der Waals surface area contributed by atoms with Gasteiger partial charge in [-0.25, -0.2) is 0 Å². The zero-order chi connectivity index (χ0) is 16.6. The van der Waals surface area contributed by atoms with Crippen LogP contribution in [0.4, 0.5) is 0 Å². The van der Waals surface area contributed by atoms with Gasteiger partial charge in [0.1, 0.15) is 5.75 Å². The monoisotopic (exact) mass is 317 g/mol. The molecular weight excluding hydrogens is 280 g/mol. The lowest BCUT2D eigenvalue weighted by Gasteiger charge is -2.06. The third-order valence-corrected chi connectivity index (χ3v) is 4.44. The Kier molecular flexibility index (Phi) is 12.7. The second kappa shape index (κ2) is 14.6. The molecule has 0 bridgehead atoms. The highest BCUT2D eigenvalue weighted by Crippen LogP contribution is 2.14. The van der Waals surface area contributed by atoms with E-state index in [4.69, 9.17) is 4.74 Å². The Hall–Kier alpha value is -0.980. The normalized spacial score (nSPS) is 10.9. The van der Waals surface area contributed by atoms with E-state index in [1.165, 1.54) is 83.5 Å². The fourth-order valence-corrected chi connectivity index (χ4v) is 2.90. The molecule has 0 aliphatic carbocycles. The first-order valence-corrected chi connectivity index (χ1v) is 9.87. The molecule has 0 atom stereocenters. The van der Waals surface area contributed by atoms with Gasteiger partial charge in [-0.05, 0) is 31.0 Å². The van der Waals surface area contributed by atoms with Crippen LogP contribution in [0, 0.1) is 6.92 Å². The summed E-state index contributed by atoms with van der Waals surface area (Å²) in [7, 11) is 0. The zero-order valence-corrected chi connectivity index (χ0v) is 15.3. The first-order chi connectivity index (χ1) is 11.3. The molecule has 0 aromatic heterocycles. The highest BCUT2D eigenvalue weighted by Gasteiger charge is 1.95. The lowest BCUT2D eigenvalue weighted by Crippen LogP contribution is -1.97. The molecule has 0 unspecified atom stereocenters. The average Bonchev–Trinajstić information content (AvgIpc) is 2.57. The molecular formula is C22H37O. The highest BCUT2D eigenvalue weighted by atomic mass is 16.5. The molecule has 0 aliphatic heterocycles. The van der Waals surface area contributed by atoms with E-state index in [1.807, 2.05) is 24.3 Å². The van der Waals surface area contributed by atoms with Crippen molar-refractivity contribution >= 4 is 0 Å². The Labute approximate surface area is 144 Å². The van der Waals surface area contributed by atoms with Gasteiger partial charge in [0, 0.05) is 0 Å². The van der Waals surface area contributed by atoms with E-state index in [0.717, 1.165) is 17.9 Å². The van der Waals surface area contributed by atoms with Crippen molar-refractivity contribution in [1.82, 2.24) is 0 Å². The van der Waals surface area contributed by atoms with Gasteiger partial charge in [0.25, 0.3) is 0 Å². The van der Waals surface area contributed by atoms with Crippen LogP contribution in [0.1, 0.15) is 96.0 Å². The highest BCUT2D eigenvalue weighted by molar-refractivity contribution is 5.28. The van der Waals surface area contributed by atoms with Crippen molar-refractivity contribution in [2.75, 3.05) is 6.61 Å². The van der Waals surface area contributed by atoms with Gasteiger partial charge in [-0.2, -0.15) is 0 Å². The van der Waals surface area contributed by atoms with Gasteiger partial charge in [0.2, 0.25) is 0 Å². The van der Waals surface area contributed by atoms with E-state index in [0.29, 0.717) is 0 Å². The van der Waals surface area contributed by atoms with Crippen molar-refractivity contribution in [2.45, 2.75) is 90.4 Å². The summed E-state index contributed by atoms with van der Waals surface area (Å²) < 4.78 is 5.73. The minimum atomic E-state index is 0.842. The van der Waals surface area contributed by atoms with Crippen LogP contribution in [0.5, 0.6) is 5.75 Å². The first kappa shape index (κ1) is 20.1. The quantitative estimate of drug-likeness (QED) is 0.307. The number of hydrogen-bond acceptors (Lipinski definition) is 1. The predicted molar refractivity (Wildman–Crippen MR) is 102 cm³/mol. The Morgan fingerprint density at radius 3 is 1.57 bits per heavy atom. The van der Waals surface area contributed by atoms with E-state index in [-0.39, 0.29) is 0 Å². The number of ether oxygens (including phenoxy) is 1. The number of rotatable bonds is 15. The molecule has 0 saturated heterocycles. The number of unbranched alkanes of at least 4 members (excludes halogenated alkanes) is 12. The van der Waals surface area contributed by atoms with E-state index in [9.17, 15) is 0 Å². The Bertz CT molecular complexity index is 355. The molecule has 131 valence electrons. The second-order valence-electron chi connectivity index (χ2n) is 6.74. The number of hydrogen-bond donors (Lipinski definition) is 0. The lowest BCUT2D eigenvalue weighted by atomic mass is 10.0. The molecule has 0 N–H and O–H groups in total. The van der Waals surface area contributed by atoms with Crippen molar-refractivity contribution in [3.05, 3.63) is 36.8 Å². The molecule has 23 heavy (non-hydrogen) atoms. The summed E-state index contributed by atoms with van der Waals surface area (Å²) in [6, 6.07) is 8.01. The van der Waals surface area contributed by atoms with Crippen LogP contribution in [-0.2, 0) is 0 Å². The molecule has 1 rings (SSSR count). The van der Waals surface area contributed by atoms with E-state index < -0.39 is 0 Å². The third-order valence-electron chi connectivity index (χ3n) is 4.44. The van der Waals surface area contributed by atoms with Gasteiger partial charge in [-0.1, -0.05) is 96.1 Å². The molecule has 0 fully saturated rings. The van der Waals surface area contributed by atoms with E-state index in [1.54, 1.807) is 0 Å². The number of benzene rings is 1. The zero-order valence-electron chi connectivity index (χ0n) is 15.3. The standard InChI is InChI=1S/C22H37O/c1-3-4-5-6-7-8-9-10-11-12-13-14-15-20-23-22-18-16-21(2)17-19-22/h16-19H,2-15,20H2,1H3. The molecule has 0 spiro atoms. The van der Waals surface area contributed by atoms with Crippen molar-refractivity contribution in [3.8, 4) is 5.75 Å². The van der Waals surface area contributed by atoms with Crippen molar-refractivity contribution in [1.29, 1.82) is 0 Å². The van der Waals surface area contributed by atoms with Crippen LogP contribution < -0.4 is 4.74 Å². The fourth-order valence-electron chi connectivity index (χ4n) is 2.90. The maximum absolute atomic E-state index is 5.73. The maximum atomic E-state index is 5.73. The Balaban J connectivity index is 1.77.